The summed E-state index contributed by atoms with van der Waals surface area (Å²) in [5, 5.41) is 0.989. The van der Waals surface area contributed by atoms with Crippen LogP contribution in [0.2, 0.25) is 5.02 Å². The van der Waals surface area contributed by atoms with Gasteiger partial charge in [0, 0.05) is 35.9 Å². The molecule has 0 spiro atoms. The summed E-state index contributed by atoms with van der Waals surface area (Å²) < 4.78 is 5.59. The number of rotatable bonds is 5. The summed E-state index contributed by atoms with van der Waals surface area (Å²) in [6.07, 6.45) is 3.65. The number of H-pyrrole nitrogens is 1. The number of halogens is 1. The minimum absolute atomic E-state index is 0.0509. The fourth-order valence-corrected chi connectivity index (χ4v) is 3.81. The van der Waals surface area contributed by atoms with Crippen molar-refractivity contribution in [1.29, 1.82) is 0 Å². The highest BCUT2D eigenvalue weighted by atomic mass is 35.5. The molecule has 1 aromatic carbocycles. The van der Waals surface area contributed by atoms with Crippen LogP contribution in [-0.4, -0.2) is 45.4 Å². The summed E-state index contributed by atoms with van der Waals surface area (Å²) in [6, 6.07) is 6.83. The first-order chi connectivity index (χ1) is 12.6. The van der Waals surface area contributed by atoms with Crippen LogP contribution in [-0.2, 0) is 0 Å². The normalized spacial score (nSPS) is 14.3. The maximum atomic E-state index is 12.4. The second kappa shape index (κ2) is 7.17. The van der Waals surface area contributed by atoms with Crippen LogP contribution in [0.15, 0.2) is 40.1 Å². The number of aromatic amines is 1. The van der Waals surface area contributed by atoms with Crippen molar-refractivity contribution in [3.63, 3.8) is 0 Å². The Hall–Kier alpha value is -2.25. The lowest BCUT2D eigenvalue weighted by Crippen LogP contribution is -2.27. The molecule has 3 aromatic rings. The van der Waals surface area contributed by atoms with Crippen molar-refractivity contribution < 1.29 is 14.0 Å². The van der Waals surface area contributed by atoms with Gasteiger partial charge >= 0.3 is 0 Å². The van der Waals surface area contributed by atoms with Crippen molar-refractivity contribution in [2.24, 2.45) is 0 Å². The molecule has 26 heavy (non-hydrogen) atoms. The van der Waals surface area contributed by atoms with Gasteiger partial charge in [0.2, 0.25) is 0 Å². The number of nitrogens with one attached hydrogen (secondary N) is 1. The molecule has 0 unspecified atom stereocenters. The largest absolute Gasteiger partial charge is 0.431 e. The van der Waals surface area contributed by atoms with E-state index in [9.17, 15) is 9.59 Å². The molecule has 1 amide bonds. The van der Waals surface area contributed by atoms with E-state index in [1.165, 1.54) is 11.8 Å². The van der Waals surface area contributed by atoms with Crippen molar-refractivity contribution in [2.75, 3.05) is 18.8 Å². The number of likely N-dealkylation sites (tertiary alicyclic amines) is 1. The first-order valence-corrected chi connectivity index (χ1v) is 9.66. The first-order valence-electron chi connectivity index (χ1n) is 8.30. The number of hydrogen-bond acceptors (Lipinski definition) is 5. The quantitative estimate of drug-likeness (QED) is 0.526. The Morgan fingerprint density at radius 2 is 2.08 bits per heavy atom. The lowest BCUT2D eigenvalue weighted by atomic mass is 10.2. The summed E-state index contributed by atoms with van der Waals surface area (Å²) in [5.41, 5.74) is 2.23. The number of ketones is 1. The number of fused-ring (bicyclic) bond motifs is 1. The predicted octanol–water partition coefficient (Wildman–Crippen LogP) is 4.02. The second-order valence-corrected chi connectivity index (χ2v) is 7.47. The third-order valence-corrected chi connectivity index (χ3v) is 5.35. The summed E-state index contributed by atoms with van der Waals surface area (Å²) >= 11 is 7.15. The van der Waals surface area contributed by atoms with Crippen LogP contribution in [0, 0.1) is 0 Å². The lowest BCUT2D eigenvalue weighted by molar-refractivity contribution is 0.0787. The highest BCUT2D eigenvalue weighted by Gasteiger charge is 2.22. The summed E-state index contributed by atoms with van der Waals surface area (Å²) in [5.74, 6) is 0.0347. The molecule has 3 heterocycles. The molecule has 0 atom stereocenters. The molecule has 1 fully saturated rings. The van der Waals surface area contributed by atoms with Gasteiger partial charge in [-0.1, -0.05) is 23.4 Å². The average Bonchev–Trinajstić information content (AvgIpc) is 3.38. The maximum Gasteiger partial charge on any atom is 0.270 e. The van der Waals surface area contributed by atoms with Crippen LogP contribution in [0.1, 0.15) is 33.7 Å². The topological polar surface area (TPSA) is 79.2 Å². The number of carbonyl (C=O) groups is 2. The first kappa shape index (κ1) is 17.2. The number of carbonyl (C=O) groups excluding carboxylic acids is 2. The molecule has 6 nitrogen and oxygen atoms in total. The van der Waals surface area contributed by atoms with Gasteiger partial charge in [-0.3, -0.25) is 9.59 Å². The van der Waals surface area contributed by atoms with Crippen molar-refractivity contribution in [1.82, 2.24) is 14.9 Å². The molecule has 1 N–H and O–H groups in total. The highest BCUT2D eigenvalue weighted by Crippen LogP contribution is 2.26. The minimum atomic E-state index is -0.0907. The summed E-state index contributed by atoms with van der Waals surface area (Å²) in [4.78, 5) is 33.8. The van der Waals surface area contributed by atoms with Crippen LogP contribution >= 0.6 is 23.4 Å². The van der Waals surface area contributed by atoms with Crippen LogP contribution in [0.4, 0.5) is 0 Å². The predicted molar refractivity (Wildman–Crippen MR) is 100 cm³/mol. The Morgan fingerprint density at radius 3 is 2.88 bits per heavy atom. The zero-order valence-electron chi connectivity index (χ0n) is 13.8. The molecule has 1 aliphatic rings. The number of benzene rings is 1. The Balaban J connectivity index is 1.40. The van der Waals surface area contributed by atoms with Gasteiger partial charge in [0.25, 0.3) is 11.1 Å². The SMILES string of the molecule is O=C(CSc1nc2ccc(Cl)cc2o1)c1c[nH]c(C(=O)N2CCCC2)c1. The number of thioether (sulfide) groups is 1. The Morgan fingerprint density at radius 1 is 1.27 bits per heavy atom. The average molecular weight is 390 g/mol. The smallest absolute Gasteiger partial charge is 0.270 e. The monoisotopic (exact) mass is 389 g/mol. The van der Waals surface area contributed by atoms with Crippen LogP contribution in [0.3, 0.4) is 0 Å². The van der Waals surface area contributed by atoms with Gasteiger partial charge in [-0.25, -0.2) is 4.98 Å². The zero-order valence-corrected chi connectivity index (χ0v) is 15.4. The van der Waals surface area contributed by atoms with Gasteiger partial charge in [0.15, 0.2) is 11.4 Å². The van der Waals surface area contributed by atoms with Crippen LogP contribution in [0.25, 0.3) is 11.1 Å². The van der Waals surface area contributed by atoms with E-state index in [0.717, 1.165) is 25.9 Å². The minimum Gasteiger partial charge on any atom is -0.431 e. The zero-order chi connectivity index (χ0) is 18.1. The second-order valence-electron chi connectivity index (χ2n) is 6.11. The molecule has 0 aliphatic carbocycles. The number of amides is 1. The summed E-state index contributed by atoms with van der Waals surface area (Å²) in [6.45, 7) is 1.55. The van der Waals surface area contributed by atoms with Crippen molar-refractivity contribution in [2.45, 2.75) is 18.1 Å². The highest BCUT2D eigenvalue weighted by molar-refractivity contribution is 7.99. The molecular weight excluding hydrogens is 374 g/mol. The van der Waals surface area contributed by atoms with Gasteiger partial charge in [-0.05, 0) is 31.0 Å². The molecule has 4 rings (SSSR count). The van der Waals surface area contributed by atoms with E-state index >= 15 is 0 Å². The van der Waals surface area contributed by atoms with E-state index in [0.29, 0.717) is 32.6 Å². The van der Waals surface area contributed by atoms with Gasteiger partial charge in [-0.2, -0.15) is 0 Å². The molecule has 1 aliphatic heterocycles. The molecule has 2 aromatic heterocycles. The molecular formula is C18H16ClN3O3S. The third-order valence-electron chi connectivity index (χ3n) is 4.29. The fraction of sp³-hybridized carbons (Fsp3) is 0.278. The van der Waals surface area contributed by atoms with E-state index in [1.807, 2.05) is 0 Å². The van der Waals surface area contributed by atoms with E-state index in [-0.39, 0.29) is 17.4 Å². The van der Waals surface area contributed by atoms with Gasteiger partial charge in [0.05, 0.1) is 5.75 Å². The van der Waals surface area contributed by atoms with Crippen LogP contribution in [0.5, 0.6) is 0 Å². The van der Waals surface area contributed by atoms with E-state index in [4.69, 9.17) is 16.0 Å². The molecule has 1 saturated heterocycles. The lowest BCUT2D eigenvalue weighted by Gasteiger charge is -2.13. The van der Waals surface area contributed by atoms with E-state index in [1.54, 1.807) is 35.4 Å². The molecule has 8 heteroatoms. The van der Waals surface area contributed by atoms with Crippen molar-refractivity contribution in [3.05, 3.63) is 46.7 Å². The van der Waals surface area contributed by atoms with E-state index in [2.05, 4.69) is 9.97 Å². The number of aromatic nitrogens is 2. The van der Waals surface area contributed by atoms with E-state index < -0.39 is 0 Å². The number of hydrogen-bond donors (Lipinski definition) is 1. The Bertz CT molecular complexity index is 975. The van der Waals surface area contributed by atoms with Gasteiger partial charge in [-0.15, -0.1) is 0 Å². The van der Waals surface area contributed by atoms with Gasteiger partial charge < -0.3 is 14.3 Å². The molecule has 0 radical (unpaired) electrons. The van der Waals surface area contributed by atoms with Gasteiger partial charge in [0.1, 0.15) is 11.2 Å². The number of nitrogens with zero attached hydrogens (tertiary/aromatic N) is 2. The maximum absolute atomic E-state index is 12.4. The summed E-state index contributed by atoms with van der Waals surface area (Å²) in [7, 11) is 0. The number of oxazole rings is 1. The van der Waals surface area contributed by atoms with Crippen molar-refractivity contribution >= 4 is 46.2 Å². The Labute approximate surface area is 158 Å². The standard InChI is InChI=1S/C18H16ClN3O3S/c19-12-3-4-13-16(8-12)25-18(21-13)26-10-15(23)11-7-14(20-9-11)17(24)22-5-1-2-6-22/h3-4,7-9,20H,1-2,5-6,10H2. The van der Waals surface area contributed by atoms with Crippen molar-refractivity contribution in [3.8, 4) is 0 Å². The third kappa shape index (κ3) is 3.50. The Kier molecular flexibility index (Phi) is 4.74. The number of Topliss-reactive ketones (excluding diaryl/α,β-unsaturated/α-hetero) is 1. The molecule has 0 bridgehead atoms. The molecule has 0 saturated carbocycles. The van der Waals surface area contributed by atoms with Crippen LogP contribution < -0.4 is 0 Å². The molecule has 134 valence electrons. The fourth-order valence-electron chi connectivity index (χ4n) is 2.92.